The Morgan fingerprint density at radius 1 is 0.897 bits per heavy atom. The summed E-state index contributed by atoms with van der Waals surface area (Å²) in [5.74, 6) is -0.0178. The summed E-state index contributed by atoms with van der Waals surface area (Å²) in [6.45, 7) is 9.45. The number of hydrogen-bond acceptors (Lipinski definition) is 3. The Hall–Kier alpha value is -2.66. The van der Waals surface area contributed by atoms with Crippen LogP contribution in [0.5, 0.6) is 0 Å². The summed E-state index contributed by atoms with van der Waals surface area (Å²) < 4.78 is 0. The standard InChI is InChI=1S/C24H31N3O2/c1-17(2)22(19-7-5-18(3)6-8-19)23(28)25-21-11-9-20(10-12-21)24(29)27-15-13-26(4)14-16-27/h5-12,17,22H,13-16H2,1-4H3,(H,25,28). The van der Waals surface area contributed by atoms with E-state index < -0.39 is 0 Å². The highest BCUT2D eigenvalue weighted by Crippen LogP contribution is 2.26. The number of aryl methyl sites for hydroxylation is 1. The molecular weight excluding hydrogens is 362 g/mol. The van der Waals surface area contributed by atoms with Crippen molar-refractivity contribution < 1.29 is 9.59 Å². The van der Waals surface area contributed by atoms with Crippen LogP contribution in [0.4, 0.5) is 5.69 Å². The number of benzene rings is 2. The van der Waals surface area contributed by atoms with Crippen molar-refractivity contribution in [2.75, 3.05) is 38.5 Å². The van der Waals surface area contributed by atoms with Crippen molar-refractivity contribution in [3.63, 3.8) is 0 Å². The van der Waals surface area contributed by atoms with E-state index in [4.69, 9.17) is 0 Å². The molecule has 5 heteroatoms. The Labute approximate surface area is 173 Å². The summed E-state index contributed by atoms with van der Waals surface area (Å²) in [7, 11) is 2.07. The maximum absolute atomic E-state index is 12.9. The highest BCUT2D eigenvalue weighted by Gasteiger charge is 2.24. The SMILES string of the molecule is Cc1ccc(C(C(=O)Nc2ccc(C(=O)N3CCN(C)CC3)cc2)C(C)C)cc1. The maximum atomic E-state index is 12.9. The molecule has 0 bridgehead atoms. The predicted molar refractivity (Wildman–Crippen MR) is 117 cm³/mol. The molecule has 0 aromatic heterocycles. The van der Waals surface area contributed by atoms with Crippen LogP contribution in [0.2, 0.25) is 0 Å². The molecule has 0 spiro atoms. The van der Waals surface area contributed by atoms with Crippen LogP contribution >= 0.6 is 0 Å². The van der Waals surface area contributed by atoms with Crippen molar-refractivity contribution in [3.8, 4) is 0 Å². The van der Waals surface area contributed by atoms with Gasteiger partial charge >= 0.3 is 0 Å². The molecule has 1 atom stereocenters. The van der Waals surface area contributed by atoms with Gasteiger partial charge in [0.1, 0.15) is 0 Å². The summed E-state index contributed by atoms with van der Waals surface area (Å²) in [5.41, 5.74) is 3.57. The number of likely N-dealkylation sites (N-methyl/N-ethyl adjacent to an activating group) is 1. The fraction of sp³-hybridized carbons (Fsp3) is 0.417. The molecule has 1 heterocycles. The minimum absolute atomic E-state index is 0.0259. The van der Waals surface area contributed by atoms with Crippen molar-refractivity contribution in [2.45, 2.75) is 26.7 Å². The van der Waals surface area contributed by atoms with Gasteiger partial charge in [-0.25, -0.2) is 0 Å². The highest BCUT2D eigenvalue weighted by molar-refractivity contribution is 5.98. The third-order valence-corrected chi connectivity index (χ3v) is 5.58. The maximum Gasteiger partial charge on any atom is 0.253 e. The Morgan fingerprint density at radius 2 is 1.48 bits per heavy atom. The normalized spacial score (nSPS) is 16.0. The number of nitrogens with one attached hydrogen (secondary N) is 1. The van der Waals surface area contributed by atoms with E-state index in [1.807, 2.05) is 48.2 Å². The van der Waals surface area contributed by atoms with Gasteiger partial charge in [-0.05, 0) is 49.7 Å². The summed E-state index contributed by atoms with van der Waals surface area (Å²) >= 11 is 0. The van der Waals surface area contributed by atoms with E-state index >= 15 is 0 Å². The second kappa shape index (κ2) is 9.23. The molecule has 154 valence electrons. The number of carbonyl (C=O) groups is 2. The smallest absolute Gasteiger partial charge is 0.253 e. The van der Waals surface area contributed by atoms with Crippen LogP contribution in [-0.2, 0) is 4.79 Å². The van der Waals surface area contributed by atoms with E-state index in [-0.39, 0.29) is 23.7 Å². The number of rotatable bonds is 5. The molecule has 2 aromatic rings. The lowest BCUT2D eigenvalue weighted by Gasteiger charge is -2.32. The lowest BCUT2D eigenvalue weighted by molar-refractivity contribution is -0.118. The molecule has 1 saturated heterocycles. The van der Waals surface area contributed by atoms with E-state index in [1.165, 1.54) is 5.56 Å². The Bertz CT molecular complexity index is 835. The van der Waals surface area contributed by atoms with Crippen LogP contribution in [0.3, 0.4) is 0 Å². The minimum atomic E-state index is -0.220. The van der Waals surface area contributed by atoms with Gasteiger partial charge in [-0.15, -0.1) is 0 Å². The van der Waals surface area contributed by atoms with Gasteiger partial charge in [0.15, 0.2) is 0 Å². The number of amides is 2. The minimum Gasteiger partial charge on any atom is -0.336 e. The van der Waals surface area contributed by atoms with Gasteiger partial charge in [-0.2, -0.15) is 0 Å². The van der Waals surface area contributed by atoms with Gasteiger partial charge in [0.25, 0.3) is 5.91 Å². The first kappa shape index (κ1) is 21.1. The Morgan fingerprint density at radius 3 is 2.03 bits per heavy atom. The summed E-state index contributed by atoms with van der Waals surface area (Å²) in [6, 6.07) is 15.4. The number of nitrogens with zero attached hydrogens (tertiary/aromatic N) is 2. The van der Waals surface area contributed by atoms with Gasteiger partial charge < -0.3 is 15.1 Å². The fourth-order valence-corrected chi connectivity index (χ4v) is 3.72. The average molecular weight is 394 g/mol. The lowest BCUT2D eigenvalue weighted by Crippen LogP contribution is -2.47. The third-order valence-electron chi connectivity index (χ3n) is 5.58. The van der Waals surface area contributed by atoms with Gasteiger partial charge in [0, 0.05) is 37.4 Å². The molecule has 1 aliphatic rings. The van der Waals surface area contributed by atoms with Crippen molar-refractivity contribution in [2.24, 2.45) is 5.92 Å². The number of piperazine rings is 1. The topological polar surface area (TPSA) is 52.7 Å². The molecule has 0 aliphatic carbocycles. The van der Waals surface area contributed by atoms with Gasteiger partial charge in [0.2, 0.25) is 5.91 Å². The third kappa shape index (κ3) is 5.24. The lowest BCUT2D eigenvalue weighted by atomic mass is 9.87. The van der Waals surface area contributed by atoms with E-state index in [0.29, 0.717) is 11.3 Å². The first-order valence-electron chi connectivity index (χ1n) is 10.3. The molecule has 5 nitrogen and oxygen atoms in total. The molecule has 1 N–H and O–H groups in total. The molecule has 2 aromatic carbocycles. The highest BCUT2D eigenvalue weighted by atomic mass is 16.2. The molecule has 2 amide bonds. The van der Waals surface area contributed by atoms with E-state index in [2.05, 4.69) is 31.1 Å². The van der Waals surface area contributed by atoms with Crippen LogP contribution in [0, 0.1) is 12.8 Å². The molecular formula is C24H31N3O2. The molecule has 0 radical (unpaired) electrons. The molecule has 29 heavy (non-hydrogen) atoms. The zero-order valence-electron chi connectivity index (χ0n) is 17.8. The summed E-state index contributed by atoms with van der Waals surface area (Å²) in [5, 5.41) is 3.02. The Kier molecular flexibility index (Phi) is 6.70. The van der Waals surface area contributed by atoms with Crippen LogP contribution in [0.1, 0.15) is 41.3 Å². The fourth-order valence-electron chi connectivity index (χ4n) is 3.72. The second-order valence-electron chi connectivity index (χ2n) is 8.29. The second-order valence-corrected chi connectivity index (χ2v) is 8.29. The first-order valence-corrected chi connectivity index (χ1v) is 10.3. The largest absolute Gasteiger partial charge is 0.336 e. The Balaban J connectivity index is 1.67. The molecule has 1 unspecified atom stereocenters. The van der Waals surface area contributed by atoms with E-state index in [0.717, 1.165) is 31.7 Å². The number of carbonyl (C=O) groups excluding carboxylic acids is 2. The molecule has 0 saturated carbocycles. The molecule has 1 fully saturated rings. The van der Waals surface area contributed by atoms with Crippen molar-refractivity contribution >= 4 is 17.5 Å². The van der Waals surface area contributed by atoms with Gasteiger partial charge in [0.05, 0.1) is 5.92 Å². The van der Waals surface area contributed by atoms with Crippen LogP contribution in [0.15, 0.2) is 48.5 Å². The predicted octanol–water partition coefficient (Wildman–Crippen LogP) is 3.76. The number of hydrogen-bond donors (Lipinski definition) is 1. The van der Waals surface area contributed by atoms with Crippen LogP contribution < -0.4 is 5.32 Å². The van der Waals surface area contributed by atoms with Gasteiger partial charge in [-0.3, -0.25) is 9.59 Å². The monoisotopic (exact) mass is 393 g/mol. The van der Waals surface area contributed by atoms with Crippen molar-refractivity contribution in [3.05, 3.63) is 65.2 Å². The van der Waals surface area contributed by atoms with Gasteiger partial charge in [-0.1, -0.05) is 43.7 Å². The number of anilines is 1. The summed E-state index contributed by atoms with van der Waals surface area (Å²) in [6.07, 6.45) is 0. The van der Waals surface area contributed by atoms with Crippen molar-refractivity contribution in [1.29, 1.82) is 0 Å². The average Bonchev–Trinajstić information content (AvgIpc) is 2.70. The zero-order valence-corrected chi connectivity index (χ0v) is 17.8. The zero-order chi connectivity index (χ0) is 21.0. The van der Waals surface area contributed by atoms with Crippen LogP contribution in [-0.4, -0.2) is 54.8 Å². The van der Waals surface area contributed by atoms with E-state index in [1.54, 1.807) is 12.1 Å². The van der Waals surface area contributed by atoms with Crippen molar-refractivity contribution in [1.82, 2.24) is 9.80 Å². The molecule has 1 aliphatic heterocycles. The first-order chi connectivity index (χ1) is 13.8. The molecule has 3 rings (SSSR count). The quantitative estimate of drug-likeness (QED) is 0.842. The summed E-state index contributed by atoms with van der Waals surface area (Å²) in [4.78, 5) is 29.7. The van der Waals surface area contributed by atoms with Crippen LogP contribution in [0.25, 0.3) is 0 Å². The van der Waals surface area contributed by atoms with E-state index in [9.17, 15) is 9.59 Å².